The second-order valence-corrected chi connectivity index (χ2v) is 13.3. The van der Waals surface area contributed by atoms with Crippen molar-refractivity contribution in [1.29, 1.82) is 0 Å². The molecule has 202 valence electrons. The number of benzene rings is 1. The fraction of sp³-hybridized carbons (Fsp3) is 0.778. The Bertz CT molecular complexity index is 736. The first-order chi connectivity index (χ1) is 17.7. The van der Waals surface area contributed by atoms with Gasteiger partial charge in [0.2, 0.25) is 0 Å². The molecule has 0 nitrogen and oxygen atoms in total. The Morgan fingerprint density at radius 2 is 1.33 bits per heavy atom. The summed E-state index contributed by atoms with van der Waals surface area (Å²) in [6, 6.07) is 10.1. The van der Waals surface area contributed by atoms with Crippen molar-refractivity contribution in [2.75, 3.05) is 0 Å². The minimum Gasteiger partial charge on any atom is -0.103 e. The predicted molar refractivity (Wildman–Crippen MR) is 159 cm³/mol. The molecule has 36 heavy (non-hydrogen) atoms. The number of allylic oxidation sites excluding steroid dienone is 1. The average Bonchev–Trinajstić information content (AvgIpc) is 2.92. The molecule has 1 aromatic rings. The van der Waals surface area contributed by atoms with E-state index in [9.17, 15) is 0 Å². The van der Waals surface area contributed by atoms with E-state index in [4.69, 9.17) is 0 Å². The average molecular weight is 491 g/mol. The highest BCUT2D eigenvalue weighted by atomic mass is 14.4. The SMILES string of the molecule is C=CCC(c1ccc([C@@H]2CC[C@H]3C[C@@H](CCCCC)CC[C@@H]3C2)cc1)C1CCC(CCCCC)CC1. The molecule has 1 unspecified atom stereocenters. The quantitative estimate of drug-likeness (QED) is 0.190. The summed E-state index contributed by atoms with van der Waals surface area (Å²) in [6.07, 6.45) is 29.6. The first-order valence-corrected chi connectivity index (χ1v) is 16.4. The van der Waals surface area contributed by atoms with Crippen LogP contribution < -0.4 is 0 Å². The van der Waals surface area contributed by atoms with Crippen LogP contribution in [0.5, 0.6) is 0 Å². The largest absolute Gasteiger partial charge is 0.103 e. The van der Waals surface area contributed by atoms with Gasteiger partial charge in [-0.15, -0.1) is 6.58 Å². The van der Waals surface area contributed by atoms with Gasteiger partial charge < -0.3 is 0 Å². The lowest BCUT2D eigenvalue weighted by Gasteiger charge is -2.42. The van der Waals surface area contributed by atoms with Gasteiger partial charge in [-0.2, -0.15) is 0 Å². The lowest BCUT2D eigenvalue weighted by molar-refractivity contribution is 0.113. The van der Waals surface area contributed by atoms with Crippen LogP contribution in [0.3, 0.4) is 0 Å². The van der Waals surface area contributed by atoms with Gasteiger partial charge >= 0.3 is 0 Å². The second kappa shape index (κ2) is 14.8. The smallest absolute Gasteiger partial charge is 0.00991 e. The molecular formula is C36H58. The van der Waals surface area contributed by atoms with Gasteiger partial charge in [0.05, 0.1) is 0 Å². The van der Waals surface area contributed by atoms with Crippen molar-refractivity contribution in [3.05, 3.63) is 48.0 Å². The zero-order chi connectivity index (χ0) is 25.2. The lowest BCUT2D eigenvalue weighted by atomic mass is 9.63. The highest BCUT2D eigenvalue weighted by molar-refractivity contribution is 5.29. The van der Waals surface area contributed by atoms with E-state index in [2.05, 4.69) is 50.8 Å². The Morgan fingerprint density at radius 3 is 2.00 bits per heavy atom. The Morgan fingerprint density at radius 1 is 0.722 bits per heavy atom. The van der Waals surface area contributed by atoms with Gasteiger partial charge in [0, 0.05) is 0 Å². The van der Waals surface area contributed by atoms with Crippen LogP contribution in [0.2, 0.25) is 0 Å². The van der Waals surface area contributed by atoms with Crippen molar-refractivity contribution in [3.63, 3.8) is 0 Å². The zero-order valence-electron chi connectivity index (χ0n) is 24.1. The molecule has 3 aliphatic rings. The van der Waals surface area contributed by atoms with Gasteiger partial charge in [0.1, 0.15) is 0 Å². The van der Waals surface area contributed by atoms with E-state index in [0.717, 1.165) is 41.9 Å². The topological polar surface area (TPSA) is 0 Å². The lowest BCUT2D eigenvalue weighted by Crippen LogP contribution is -2.30. The molecule has 0 bridgehead atoms. The standard InChI is InChI=1S/C36H58/c1-4-7-9-12-28-14-17-31(18-15-28)36(11-6-3)32-22-20-30(21-23-32)34-25-24-33-26-29(13-10-8-5-2)16-19-35(33)27-34/h6,20-23,28-29,31,33-36H,3-5,7-19,24-27H2,1-2H3/t28?,29-,31?,33-,34+,35+,36?/m0/s1. The number of hydrogen-bond donors (Lipinski definition) is 0. The first kappa shape index (κ1) is 28.0. The highest BCUT2D eigenvalue weighted by Crippen LogP contribution is 2.49. The molecule has 0 aromatic heterocycles. The van der Waals surface area contributed by atoms with Crippen molar-refractivity contribution in [2.24, 2.45) is 29.6 Å². The minimum atomic E-state index is 0.687. The molecular weight excluding hydrogens is 432 g/mol. The number of hydrogen-bond acceptors (Lipinski definition) is 0. The molecule has 0 saturated heterocycles. The van der Waals surface area contributed by atoms with Gasteiger partial charge in [-0.05, 0) is 104 Å². The van der Waals surface area contributed by atoms with Crippen LogP contribution >= 0.6 is 0 Å². The summed E-state index contributed by atoms with van der Waals surface area (Å²) in [5.41, 5.74) is 3.23. The normalized spacial score (nSPS) is 31.5. The van der Waals surface area contributed by atoms with E-state index in [0.29, 0.717) is 5.92 Å². The van der Waals surface area contributed by atoms with Crippen LogP contribution in [0.25, 0.3) is 0 Å². The molecule has 0 aliphatic heterocycles. The van der Waals surface area contributed by atoms with Crippen molar-refractivity contribution in [2.45, 2.75) is 148 Å². The van der Waals surface area contributed by atoms with Gasteiger partial charge in [0.15, 0.2) is 0 Å². The molecule has 4 rings (SSSR count). The second-order valence-electron chi connectivity index (χ2n) is 13.3. The molecule has 0 radical (unpaired) electrons. The first-order valence-electron chi connectivity index (χ1n) is 16.4. The van der Waals surface area contributed by atoms with E-state index in [-0.39, 0.29) is 0 Å². The summed E-state index contributed by atoms with van der Waals surface area (Å²) in [7, 11) is 0. The van der Waals surface area contributed by atoms with Gasteiger partial charge in [-0.3, -0.25) is 0 Å². The molecule has 0 heteroatoms. The molecule has 3 aliphatic carbocycles. The molecule has 3 fully saturated rings. The molecule has 0 amide bonds. The molecule has 0 spiro atoms. The molecule has 5 atom stereocenters. The van der Waals surface area contributed by atoms with Crippen molar-refractivity contribution in [3.8, 4) is 0 Å². The van der Waals surface area contributed by atoms with E-state index in [1.54, 1.807) is 17.5 Å². The summed E-state index contributed by atoms with van der Waals surface area (Å²) < 4.78 is 0. The maximum atomic E-state index is 4.14. The predicted octanol–water partition coefficient (Wildman–Crippen LogP) is 11.6. The molecule has 1 aromatic carbocycles. The Kier molecular flexibility index (Phi) is 11.5. The van der Waals surface area contributed by atoms with Crippen LogP contribution in [0.15, 0.2) is 36.9 Å². The van der Waals surface area contributed by atoms with Crippen molar-refractivity contribution in [1.82, 2.24) is 0 Å². The van der Waals surface area contributed by atoms with E-state index < -0.39 is 0 Å². The van der Waals surface area contributed by atoms with E-state index in [1.165, 1.54) is 109 Å². The van der Waals surface area contributed by atoms with Crippen molar-refractivity contribution < 1.29 is 0 Å². The Labute approximate surface area is 225 Å². The fourth-order valence-electron chi connectivity index (χ4n) is 8.59. The zero-order valence-corrected chi connectivity index (χ0v) is 24.1. The summed E-state index contributed by atoms with van der Waals surface area (Å²) in [6.45, 7) is 8.81. The van der Waals surface area contributed by atoms with Crippen LogP contribution in [0, 0.1) is 29.6 Å². The third-order valence-corrected chi connectivity index (χ3v) is 10.9. The number of rotatable bonds is 13. The van der Waals surface area contributed by atoms with E-state index >= 15 is 0 Å². The Hall–Kier alpha value is -1.04. The third kappa shape index (κ3) is 7.74. The van der Waals surface area contributed by atoms with E-state index in [1.807, 2.05) is 0 Å². The summed E-state index contributed by atoms with van der Waals surface area (Å²) in [5.74, 6) is 6.45. The maximum Gasteiger partial charge on any atom is -0.00991 e. The molecule has 0 N–H and O–H groups in total. The summed E-state index contributed by atoms with van der Waals surface area (Å²) in [4.78, 5) is 0. The number of unbranched alkanes of at least 4 members (excludes halogenated alkanes) is 4. The molecule has 3 saturated carbocycles. The highest BCUT2D eigenvalue weighted by Gasteiger charge is 2.36. The minimum absolute atomic E-state index is 0.687. The summed E-state index contributed by atoms with van der Waals surface area (Å²) in [5, 5.41) is 0. The molecule has 0 heterocycles. The van der Waals surface area contributed by atoms with Crippen molar-refractivity contribution >= 4 is 0 Å². The monoisotopic (exact) mass is 490 g/mol. The van der Waals surface area contributed by atoms with Gasteiger partial charge in [0.25, 0.3) is 0 Å². The van der Waals surface area contributed by atoms with Crippen LogP contribution in [-0.2, 0) is 0 Å². The third-order valence-electron chi connectivity index (χ3n) is 10.9. The fourth-order valence-corrected chi connectivity index (χ4v) is 8.59. The van der Waals surface area contributed by atoms with Crippen LogP contribution in [0.4, 0.5) is 0 Å². The maximum absolute atomic E-state index is 4.14. The Balaban J connectivity index is 1.28. The van der Waals surface area contributed by atoms with Crippen LogP contribution in [0.1, 0.15) is 159 Å². The van der Waals surface area contributed by atoms with Gasteiger partial charge in [-0.25, -0.2) is 0 Å². The van der Waals surface area contributed by atoms with Crippen LogP contribution in [-0.4, -0.2) is 0 Å². The summed E-state index contributed by atoms with van der Waals surface area (Å²) >= 11 is 0. The van der Waals surface area contributed by atoms with Gasteiger partial charge in [-0.1, -0.05) is 115 Å². The number of fused-ring (bicyclic) bond motifs is 1.